The second kappa shape index (κ2) is 9.31. The van der Waals surface area contributed by atoms with Crippen molar-refractivity contribution >= 4 is 33.2 Å². The van der Waals surface area contributed by atoms with E-state index in [9.17, 15) is 23.1 Å². The molecule has 1 atom stereocenters. The van der Waals surface area contributed by atoms with Crippen molar-refractivity contribution in [1.82, 2.24) is 24.7 Å². The lowest BCUT2D eigenvalue weighted by atomic mass is 10.1. The summed E-state index contributed by atoms with van der Waals surface area (Å²) in [6.45, 7) is 1.92. The Bertz CT molecular complexity index is 1160. The SMILES string of the molecule is CCCc1cc2c(N3CCn4c(nnc4C(F)(F)F)C3)nc(C(=O)CCC(O)CO)nc2s1. The molecular formula is C20H23F3N6O3S. The standard InChI is InChI=1S/C20H23F3N6O3S/c1-2-3-12-8-13-17(24-16(25-18(13)33-12)14(32)5-4-11(31)10-30)28-6-7-29-15(9-28)26-27-19(29)20(21,22)23/h8,11,30-31H,2-7,9-10H2,1H3. The topological polar surface area (TPSA) is 117 Å². The van der Waals surface area contributed by atoms with Crippen molar-refractivity contribution in [3.8, 4) is 0 Å². The summed E-state index contributed by atoms with van der Waals surface area (Å²) in [5, 5.41) is 26.3. The Labute approximate surface area is 190 Å². The molecule has 0 saturated heterocycles. The lowest BCUT2D eigenvalue weighted by Crippen LogP contribution is -2.36. The molecule has 1 aliphatic heterocycles. The number of fused-ring (bicyclic) bond motifs is 2. The Morgan fingerprint density at radius 3 is 2.76 bits per heavy atom. The van der Waals surface area contributed by atoms with Crippen molar-refractivity contribution in [2.45, 2.75) is 58.0 Å². The Kier molecular flexibility index (Phi) is 6.64. The van der Waals surface area contributed by atoms with Crippen LogP contribution in [0, 0.1) is 0 Å². The Morgan fingerprint density at radius 2 is 2.06 bits per heavy atom. The molecule has 0 aromatic carbocycles. The molecule has 178 valence electrons. The summed E-state index contributed by atoms with van der Waals surface area (Å²) in [7, 11) is 0. The highest BCUT2D eigenvalue weighted by molar-refractivity contribution is 7.18. The number of halogens is 3. The van der Waals surface area contributed by atoms with Crippen molar-refractivity contribution in [2.24, 2.45) is 0 Å². The van der Waals surface area contributed by atoms with Crippen molar-refractivity contribution in [1.29, 1.82) is 0 Å². The van der Waals surface area contributed by atoms with E-state index in [2.05, 4.69) is 20.2 Å². The van der Waals surface area contributed by atoms with Gasteiger partial charge in [-0.15, -0.1) is 21.5 Å². The average Bonchev–Trinajstić information content (AvgIpc) is 3.39. The Morgan fingerprint density at radius 1 is 1.27 bits per heavy atom. The number of Topliss-reactive ketones (excluding diaryl/α,β-unsaturated/α-hetero) is 1. The van der Waals surface area contributed by atoms with E-state index in [1.54, 1.807) is 4.90 Å². The van der Waals surface area contributed by atoms with Gasteiger partial charge in [-0.3, -0.25) is 4.79 Å². The van der Waals surface area contributed by atoms with E-state index in [1.165, 1.54) is 11.3 Å². The summed E-state index contributed by atoms with van der Waals surface area (Å²) in [5.41, 5.74) is 0. The van der Waals surface area contributed by atoms with Gasteiger partial charge in [0.05, 0.1) is 24.6 Å². The number of aliphatic hydroxyl groups is 2. The first kappa shape index (κ1) is 23.5. The number of carbonyl (C=O) groups excluding carboxylic acids is 1. The number of rotatable bonds is 8. The highest BCUT2D eigenvalue weighted by Gasteiger charge is 2.39. The number of aromatic nitrogens is 5. The van der Waals surface area contributed by atoms with Crippen molar-refractivity contribution in [3.05, 3.63) is 28.4 Å². The first-order valence-electron chi connectivity index (χ1n) is 10.6. The molecule has 0 fully saturated rings. The molecule has 0 spiro atoms. The fourth-order valence-electron chi connectivity index (χ4n) is 3.74. The fourth-order valence-corrected chi connectivity index (χ4v) is 4.86. The number of anilines is 1. The smallest absolute Gasteiger partial charge is 0.394 e. The van der Waals surface area contributed by atoms with Gasteiger partial charge in [-0.25, -0.2) is 9.97 Å². The highest BCUT2D eigenvalue weighted by atomic mass is 32.1. The van der Waals surface area contributed by atoms with E-state index in [0.29, 0.717) is 10.6 Å². The molecular weight excluding hydrogens is 461 g/mol. The minimum Gasteiger partial charge on any atom is -0.394 e. The molecule has 0 radical (unpaired) electrons. The fraction of sp³-hybridized carbons (Fsp3) is 0.550. The highest BCUT2D eigenvalue weighted by Crippen LogP contribution is 2.35. The van der Waals surface area contributed by atoms with Crippen molar-refractivity contribution < 1.29 is 28.2 Å². The number of carbonyl (C=O) groups is 1. The lowest BCUT2D eigenvalue weighted by Gasteiger charge is -2.29. The second-order valence-electron chi connectivity index (χ2n) is 7.86. The van der Waals surface area contributed by atoms with Gasteiger partial charge < -0.3 is 19.7 Å². The number of alkyl halides is 3. The number of ketones is 1. The zero-order chi connectivity index (χ0) is 23.8. The average molecular weight is 485 g/mol. The first-order chi connectivity index (χ1) is 15.7. The number of aryl methyl sites for hydroxylation is 1. The molecule has 0 amide bonds. The molecule has 13 heteroatoms. The summed E-state index contributed by atoms with van der Waals surface area (Å²) in [4.78, 5) is 25.1. The van der Waals surface area contributed by atoms with Crippen molar-refractivity contribution in [2.75, 3.05) is 18.1 Å². The molecule has 0 aliphatic carbocycles. The molecule has 4 heterocycles. The van der Waals surface area contributed by atoms with E-state index in [4.69, 9.17) is 5.11 Å². The summed E-state index contributed by atoms with van der Waals surface area (Å²) < 4.78 is 40.6. The van der Waals surface area contributed by atoms with Gasteiger partial charge in [-0.05, 0) is 18.9 Å². The normalized spacial score (nSPS) is 15.2. The van der Waals surface area contributed by atoms with E-state index in [0.717, 1.165) is 27.7 Å². The quantitative estimate of drug-likeness (QED) is 0.469. The first-order valence-corrected chi connectivity index (χ1v) is 11.4. The van der Waals surface area contributed by atoms with Crippen LogP contribution in [0.1, 0.15) is 53.3 Å². The summed E-state index contributed by atoms with van der Waals surface area (Å²) in [5.74, 6) is -0.786. The molecule has 2 N–H and O–H groups in total. The Hall–Kier alpha value is -2.64. The van der Waals surface area contributed by atoms with Crippen LogP contribution < -0.4 is 4.90 Å². The van der Waals surface area contributed by atoms with Crippen molar-refractivity contribution in [3.63, 3.8) is 0 Å². The zero-order valence-electron chi connectivity index (χ0n) is 17.8. The van der Waals surface area contributed by atoms with Gasteiger partial charge in [0.25, 0.3) is 0 Å². The van der Waals surface area contributed by atoms with Crippen LogP contribution in [0.4, 0.5) is 19.0 Å². The predicted molar refractivity (Wildman–Crippen MR) is 114 cm³/mol. The van der Waals surface area contributed by atoms with Crippen LogP contribution >= 0.6 is 11.3 Å². The molecule has 0 bridgehead atoms. The number of thiophene rings is 1. The molecule has 33 heavy (non-hydrogen) atoms. The molecule has 9 nitrogen and oxygen atoms in total. The lowest BCUT2D eigenvalue weighted by molar-refractivity contribution is -0.147. The van der Waals surface area contributed by atoms with Crippen LogP contribution in [0.3, 0.4) is 0 Å². The third-order valence-corrected chi connectivity index (χ3v) is 6.48. The maximum absolute atomic E-state index is 13.2. The van der Waals surface area contributed by atoms with Gasteiger partial charge in [0.2, 0.25) is 5.82 Å². The number of nitrogens with zero attached hydrogens (tertiary/aromatic N) is 6. The summed E-state index contributed by atoms with van der Waals surface area (Å²) in [6, 6.07) is 1.96. The maximum atomic E-state index is 13.2. The molecule has 0 saturated carbocycles. The van der Waals surface area contributed by atoms with Crippen LogP contribution in [0.2, 0.25) is 0 Å². The summed E-state index contributed by atoms with van der Waals surface area (Å²) in [6.07, 6.45) is -3.81. The summed E-state index contributed by atoms with van der Waals surface area (Å²) >= 11 is 1.45. The van der Waals surface area contributed by atoms with Crippen LogP contribution in [-0.2, 0) is 25.7 Å². The molecule has 3 aromatic heterocycles. The van der Waals surface area contributed by atoms with E-state index in [-0.39, 0.29) is 49.9 Å². The third-order valence-electron chi connectivity index (χ3n) is 5.39. The number of hydrogen-bond donors (Lipinski definition) is 2. The van der Waals surface area contributed by atoms with Crippen LogP contribution in [0.25, 0.3) is 10.2 Å². The maximum Gasteiger partial charge on any atom is 0.451 e. The van der Waals surface area contributed by atoms with E-state index in [1.807, 2.05) is 13.0 Å². The number of hydrogen-bond acceptors (Lipinski definition) is 9. The minimum atomic E-state index is -4.59. The van der Waals surface area contributed by atoms with Gasteiger partial charge in [0, 0.05) is 24.4 Å². The van der Waals surface area contributed by atoms with Gasteiger partial charge in [0.1, 0.15) is 10.6 Å². The molecule has 4 rings (SSSR count). The molecule has 1 unspecified atom stereocenters. The minimum absolute atomic E-state index is 0.0180. The van der Waals surface area contributed by atoms with Gasteiger partial charge in [-0.2, -0.15) is 13.2 Å². The zero-order valence-corrected chi connectivity index (χ0v) is 18.7. The van der Waals surface area contributed by atoms with E-state index < -0.39 is 24.7 Å². The molecule has 1 aliphatic rings. The van der Waals surface area contributed by atoms with E-state index >= 15 is 0 Å². The van der Waals surface area contributed by atoms with Gasteiger partial charge in [-0.1, -0.05) is 13.3 Å². The molecule has 3 aromatic rings. The third kappa shape index (κ3) is 4.84. The second-order valence-corrected chi connectivity index (χ2v) is 8.98. The van der Waals surface area contributed by atoms with Gasteiger partial charge >= 0.3 is 6.18 Å². The largest absolute Gasteiger partial charge is 0.451 e. The predicted octanol–water partition coefficient (Wildman–Crippen LogP) is 2.59. The van der Waals surface area contributed by atoms with Crippen LogP contribution in [0.15, 0.2) is 6.07 Å². The monoisotopic (exact) mass is 484 g/mol. The van der Waals surface area contributed by atoms with Crippen LogP contribution in [0.5, 0.6) is 0 Å². The van der Waals surface area contributed by atoms with Crippen LogP contribution in [-0.4, -0.2) is 60.0 Å². The Balaban J connectivity index is 1.69. The van der Waals surface area contributed by atoms with Gasteiger partial charge in [0.15, 0.2) is 17.4 Å². The number of aliphatic hydroxyl groups excluding tert-OH is 2.